The number of carbonyl (C=O) groups excluding carboxylic acids is 1. The molecule has 1 aliphatic carbocycles. The van der Waals surface area contributed by atoms with E-state index in [1.165, 1.54) is 41.7 Å². The predicted molar refractivity (Wildman–Crippen MR) is 122 cm³/mol. The Labute approximate surface area is 193 Å². The maximum Gasteiger partial charge on any atom is 0.243 e. The smallest absolute Gasteiger partial charge is 0.243 e. The maximum atomic E-state index is 13.5. The molecule has 9 heteroatoms. The molecule has 1 saturated carbocycles. The first-order valence-corrected chi connectivity index (χ1v) is 12.4. The lowest BCUT2D eigenvalue weighted by atomic mass is 9.95. The van der Waals surface area contributed by atoms with Gasteiger partial charge in [-0.05, 0) is 55.7 Å². The van der Waals surface area contributed by atoms with Gasteiger partial charge in [-0.15, -0.1) is 0 Å². The fraction of sp³-hybridized carbons (Fsp3) is 0.435. The Morgan fingerprint density at radius 3 is 2.44 bits per heavy atom. The van der Waals surface area contributed by atoms with Gasteiger partial charge in [-0.25, -0.2) is 12.8 Å². The molecule has 32 heavy (non-hydrogen) atoms. The van der Waals surface area contributed by atoms with Crippen molar-refractivity contribution < 1.29 is 22.3 Å². The fourth-order valence-electron chi connectivity index (χ4n) is 3.99. The standard InChI is InChI=1S/C23H28ClFN2O4S/c1-16(17-8-10-18(25)11-9-17)26-23(28)15-27(19-6-4-3-5-7-19)32(29,30)20-12-13-22(31-2)21(24)14-20/h8-14,16,19H,3-7,15H2,1-2H3,(H,26,28)/t16-/m1/s1. The van der Waals surface area contributed by atoms with Crippen LogP contribution in [0.4, 0.5) is 4.39 Å². The number of rotatable bonds is 8. The van der Waals surface area contributed by atoms with Crippen LogP contribution in [0.2, 0.25) is 5.02 Å². The molecule has 3 rings (SSSR count). The number of ether oxygens (including phenoxy) is 1. The van der Waals surface area contributed by atoms with Crippen molar-refractivity contribution >= 4 is 27.5 Å². The summed E-state index contributed by atoms with van der Waals surface area (Å²) in [6, 6.07) is 9.47. The number of halogens is 2. The predicted octanol–water partition coefficient (Wildman–Crippen LogP) is 4.69. The first-order valence-electron chi connectivity index (χ1n) is 10.6. The second-order valence-electron chi connectivity index (χ2n) is 7.98. The molecule has 0 heterocycles. The Morgan fingerprint density at radius 2 is 1.84 bits per heavy atom. The normalized spacial score (nSPS) is 16.0. The van der Waals surface area contributed by atoms with Crippen molar-refractivity contribution in [3.63, 3.8) is 0 Å². The number of nitrogens with one attached hydrogen (secondary N) is 1. The van der Waals surface area contributed by atoms with Crippen LogP contribution in [0.1, 0.15) is 50.6 Å². The summed E-state index contributed by atoms with van der Waals surface area (Å²) >= 11 is 6.17. The van der Waals surface area contributed by atoms with E-state index in [-0.39, 0.29) is 28.3 Å². The number of hydrogen-bond acceptors (Lipinski definition) is 4. The Kier molecular flexibility index (Phi) is 8.14. The second-order valence-corrected chi connectivity index (χ2v) is 10.3. The van der Waals surface area contributed by atoms with Crippen LogP contribution in [-0.4, -0.2) is 38.3 Å². The van der Waals surface area contributed by atoms with E-state index in [1.807, 2.05) is 0 Å². The monoisotopic (exact) mass is 482 g/mol. The third-order valence-electron chi connectivity index (χ3n) is 5.76. The zero-order valence-electron chi connectivity index (χ0n) is 18.2. The molecular weight excluding hydrogens is 455 g/mol. The summed E-state index contributed by atoms with van der Waals surface area (Å²) in [5.41, 5.74) is 0.730. The van der Waals surface area contributed by atoms with Gasteiger partial charge in [0.1, 0.15) is 11.6 Å². The number of carbonyl (C=O) groups is 1. The van der Waals surface area contributed by atoms with Gasteiger partial charge in [0.25, 0.3) is 0 Å². The summed E-state index contributed by atoms with van der Waals surface area (Å²) in [5, 5.41) is 3.01. The van der Waals surface area contributed by atoms with Crippen LogP contribution in [0.25, 0.3) is 0 Å². The van der Waals surface area contributed by atoms with E-state index in [0.29, 0.717) is 18.6 Å². The van der Waals surface area contributed by atoms with Crippen LogP contribution < -0.4 is 10.1 Å². The van der Waals surface area contributed by atoms with Crippen molar-refractivity contribution in [2.45, 2.75) is 56.0 Å². The topological polar surface area (TPSA) is 75.7 Å². The highest BCUT2D eigenvalue weighted by molar-refractivity contribution is 7.89. The molecule has 0 aliphatic heterocycles. The van der Waals surface area contributed by atoms with Gasteiger partial charge in [-0.1, -0.05) is 43.0 Å². The van der Waals surface area contributed by atoms with Crippen LogP contribution in [0.5, 0.6) is 5.75 Å². The number of methoxy groups -OCH3 is 1. The van der Waals surface area contributed by atoms with E-state index < -0.39 is 22.0 Å². The number of hydrogen-bond donors (Lipinski definition) is 1. The molecule has 6 nitrogen and oxygen atoms in total. The average Bonchev–Trinajstić information content (AvgIpc) is 2.78. The highest BCUT2D eigenvalue weighted by atomic mass is 35.5. The van der Waals surface area contributed by atoms with Crippen molar-refractivity contribution in [2.75, 3.05) is 13.7 Å². The van der Waals surface area contributed by atoms with Gasteiger partial charge in [0.2, 0.25) is 15.9 Å². The van der Waals surface area contributed by atoms with Gasteiger partial charge in [0.05, 0.1) is 29.6 Å². The van der Waals surface area contributed by atoms with E-state index in [1.54, 1.807) is 19.1 Å². The Hall–Kier alpha value is -2.16. The zero-order valence-corrected chi connectivity index (χ0v) is 19.8. The minimum atomic E-state index is -3.97. The Balaban J connectivity index is 1.83. The highest BCUT2D eigenvalue weighted by Crippen LogP contribution is 2.32. The summed E-state index contributed by atoms with van der Waals surface area (Å²) in [4.78, 5) is 12.9. The lowest BCUT2D eigenvalue weighted by molar-refractivity contribution is -0.122. The molecule has 0 aromatic heterocycles. The van der Waals surface area contributed by atoms with Crippen LogP contribution in [0.3, 0.4) is 0 Å². The molecule has 1 fully saturated rings. The van der Waals surface area contributed by atoms with Crippen molar-refractivity contribution in [2.24, 2.45) is 0 Å². The number of amides is 1. The van der Waals surface area contributed by atoms with Crippen molar-refractivity contribution in [3.8, 4) is 5.75 Å². The van der Waals surface area contributed by atoms with E-state index in [0.717, 1.165) is 24.8 Å². The molecule has 174 valence electrons. The van der Waals surface area contributed by atoms with Gasteiger partial charge in [0, 0.05) is 6.04 Å². The molecule has 0 unspecified atom stereocenters. The molecule has 1 amide bonds. The van der Waals surface area contributed by atoms with Gasteiger partial charge >= 0.3 is 0 Å². The van der Waals surface area contributed by atoms with E-state index in [9.17, 15) is 17.6 Å². The van der Waals surface area contributed by atoms with Gasteiger partial charge < -0.3 is 10.1 Å². The Morgan fingerprint density at radius 1 is 1.19 bits per heavy atom. The first-order chi connectivity index (χ1) is 15.2. The highest BCUT2D eigenvalue weighted by Gasteiger charge is 2.34. The van der Waals surface area contributed by atoms with Crippen molar-refractivity contribution in [3.05, 3.63) is 58.9 Å². The lowest BCUT2D eigenvalue weighted by Crippen LogP contribution is -2.47. The summed E-state index contributed by atoms with van der Waals surface area (Å²) < 4.78 is 46.6. The first kappa shape index (κ1) is 24.5. The summed E-state index contributed by atoms with van der Waals surface area (Å²) in [6.45, 7) is 1.47. The molecular formula is C23H28ClFN2O4S. The average molecular weight is 483 g/mol. The summed E-state index contributed by atoms with van der Waals surface area (Å²) in [7, 11) is -2.51. The van der Waals surface area contributed by atoms with Gasteiger partial charge in [-0.3, -0.25) is 4.79 Å². The SMILES string of the molecule is COc1ccc(S(=O)(=O)N(CC(=O)N[C@H](C)c2ccc(F)cc2)C2CCCCC2)cc1Cl. The van der Waals surface area contributed by atoms with Crippen LogP contribution in [0, 0.1) is 5.82 Å². The van der Waals surface area contributed by atoms with Gasteiger partial charge in [-0.2, -0.15) is 4.31 Å². The molecule has 0 spiro atoms. The van der Waals surface area contributed by atoms with Gasteiger partial charge in [0.15, 0.2) is 0 Å². The summed E-state index contributed by atoms with van der Waals surface area (Å²) in [5.74, 6) is -0.406. The molecule has 2 aromatic rings. The number of benzene rings is 2. The third-order valence-corrected chi connectivity index (χ3v) is 7.95. The van der Waals surface area contributed by atoms with E-state index in [4.69, 9.17) is 16.3 Å². The van der Waals surface area contributed by atoms with Crippen LogP contribution in [0.15, 0.2) is 47.4 Å². The van der Waals surface area contributed by atoms with E-state index in [2.05, 4.69) is 5.32 Å². The zero-order chi connectivity index (χ0) is 23.3. The Bertz CT molecular complexity index is 1040. The maximum absolute atomic E-state index is 13.5. The van der Waals surface area contributed by atoms with Crippen LogP contribution >= 0.6 is 11.6 Å². The number of nitrogens with zero attached hydrogens (tertiary/aromatic N) is 1. The second kappa shape index (κ2) is 10.6. The minimum absolute atomic E-state index is 0.0215. The molecule has 2 aromatic carbocycles. The molecule has 0 radical (unpaired) electrons. The van der Waals surface area contributed by atoms with Crippen molar-refractivity contribution in [1.29, 1.82) is 0 Å². The van der Waals surface area contributed by atoms with Crippen molar-refractivity contribution in [1.82, 2.24) is 9.62 Å². The third kappa shape index (κ3) is 5.79. The molecule has 0 bridgehead atoms. The van der Waals surface area contributed by atoms with E-state index >= 15 is 0 Å². The largest absolute Gasteiger partial charge is 0.495 e. The summed E-state index contributed by atoms with van der Waals surface area (Å²) in [6.07, 6.45) is 4.27. The molecule has 1 N–H and O–H groups in total. The fourth-order valence-corrected chi connectivity index (χ4v) is 5.98. The number of sulfonamides is 1. The molecule has 1 aliphatic rings. The quantitative estimate of drug-likeness (QED) is 0.592. The lowest BCUT2D eigenvalue weighted by Gasteiger charge is -2.33. The molecule has 0 saturated heterocycles. The molecule has 1 atom stereocenters. The van der Waals surface area contributed by atoms with Crippen LogP contribution in [-0.2, 0) is 14.8 Å². The minimum Gasteiger partial charge on any atom is -0.495 e.